The molecule has 0 bridgehead atoms. The molecule has 19 heavy (non-hydrogen) atoms. The van der Waals surface area contributed by atoms with Gasteiger partial charge in [0.05, 0.1) is 17.3 Å². The summed E-state index contributed by atoms with van der Waals surface area (Å²) >= 11 is 0. The molecule has 3 nitrogen and oxygen atoms in total. The molecule has 0 unspecified atom stereocenters. The van der Waals surface area contributed by atoms with Crippen LogP contribution in [0.5, 0.6) is 0 Å². The Labute approximate surface area is 118 Å². The van der Waals surface area contributed by atoms with E-state index in [2.05, 4.69) is 49.7 Å². The van der Waals surface area contributed by atoms with Gasteiger partial charge in [0, 0.05) is 12.6 Å². The van der Waals surface area contributed by atoms with Gasteiger partial charge >= 0.3 is 0 Å². The smallest absolute Gasteiger partial charge is 0.0703 e. The Bertz CT molecular complexity index is 349. The van der Waals surface area contributed by atoms with Crippen LogP contribution in [0.2, 0.25) is 0 Å². The Morgan fingerprint density at radius 2 is 1.74 bits per heavy atom. The number of aliphatic hydroxyl groups is 1. The van der Waals surface area contributed by atoms with Crippen molar-refractivity contribution < 1.29 is 5.11 Å². The molecule has 0 aliphatic rings. The molecule has 0 saturated heterocycles. The summed E-state index contributed by atoms with van der Waals surface area (Å²) in [4.78, 5) is 0. The molecule has 1 aromatic heterocycles. The van der Waals surface area contributed by atoms with E-state index in [1.807, 2.05) is 0 Å². The summed E-state index contributed by atoms with van der Waals surface area (Å²) in [7, 11) is 0. The zero-order chi connectivity index (χ0) is 14.3. The maximum Gasteiger partial charge on any atom is 0.0703 e. The lowest BCUT2D eigenvalue weighted by molar-refractivity contribution is 0.0205. The van der Waals surface area contributed by atoms with Crippen molar-refractivity contribution in [2.75, 3.05) is 0 Å². The molecule has 3 heteroatoms. The van der Waals surface area contributed by atoms with Gasteiger partial charge in [0.15, 0.2) is 0 Å². The van der Waals surface area contributed by atoms with E-state index in [4.69, 9.17) is 0 Å². The lowest BCUT2D eigenvalue weighted by Crippen LogP contribution is -2.31. The molecule has 0 fully saturated rings. The van der Waals surface area contributed by atoms with Gasteiger partial charge in [-0.2, -0.15) is 5.10 Å². The highest BCUT2D eigenvalue weighted by Crippen LogP contribution is 2.24. The molecule has 1 aromatic rings. The van der Waals surface area contributed by atoms with Crippen LogP contribution in [0.3, 0.4) is 0 Å². The molecular weight excluding hydrogens is 236 g/mol. The molecule has 0 radical (unpaired) electrons. The first-order chi connectivity index (χ1) is 9.08. The lowest BCUT2D eigenvalue weighted by atomic mass is 9.88. The van der Waals surface area contributed by atoms with Crippen LogP contribution in [-0.4, -0.2) is 20.5 Å². The Balaban J connectivity index is 2.75. The number of aromatic nitrogens is 2. The van der Waals surface area contributed by atoms with Gasteiger partial charge in [-0.1, -0.05) is 40.5 Å². The summed E-state index contributed by atoms with van der Waals surface area (Å²) < 4.78 is 2.06. The minimum atomic E-state index is -0.573. The molecular formula is C16H30N2O. The van der Waals surface area contributed by atoms with E-state index in [-0.39, 0.29) is 0 Å². The second-order valence-corrected chi connectivity index (χ2v) is 5.66. The Morgan fingerprint density at radius 3 is 2.21 bits per heavy atom. The molecule has 0 aliphatic carbocycles. The van der Waals surface area contributed by atoms with Crippen LogP contribution in [-0.2, 0) is 6.42 Å². The van der Waals surface area contributed by atoms with Gasteiger partial charge in [0.1, 0.15) is 0 Å². The highest BCUT2D eigenvalue weighted by atomic mass is 16.3. The van der Waals surface area contributed by atoms with Crippen LogP contribution in [0, 0.1) is 0 Å². The van der Waals surface area contributed by atoms with E-state index in [9.17, 15) is 5.11 Å². The molecule has 0 spiro atoms. The molecule has 0 amide bonds. The van der Waals surface area contributed by atoms with Gasteiger partial charge in [0.25, 0.3) is 0 Å². The first kappa shape index (κ1) is 16.2. The number of hydrogen-bond acceptors (Lipinski definition) is 2. The normalized spacial score (nSPS) is 12.3. The van der Waals surface area contributed by atoms with E-state index in [1.165, 1.54) is 0 Å². The van der Waals surface area contributed by atoms with E-state index >= 15 is 0 Å². The predicted molar refractivity (Wildman–Crippen MR) is 80.3 cm³/mol. The third-order valence-corrected chi connectivity index (χ3v) is 3.92. The van der Waals surface area contributed by atoms with E-state index in [1.54, 1.807) is 0 Å². The van der Waals surface area contributed by atoms with Gasteiger partial charge < -0.3 is 5.11 Å². The molecule has 1 heterocycles. The molecule has 1 N–H and O–H groups in total. The third kappa shape index (κ3) is 4.64. The van der Waals surface area contributed by atoms with Gasteiger partial charge in [-0.15, -0.1) is 0 Å². The summed E-state index contributed by atoms with van der Waals surface area (Å²) in [6, 6.07) is 2.55. The molecule has 0 aromatic carbocycles. The standard InChI is InChI=1S/C16H30N2O/c1-5-10-16(19,11-6-2)13-14-9-12-18(17-14)15(7-3)8-4/h9,12,15,19H,5-8,10-11,13H2,1-4H3. The zero-order valence-corrected chi connectivity index (χ0v) is 13.0. The fourth-order valence-corrected chi connectivity index (χ4v) is 2.91. The van der Waals surface area contributed by atoms with E-state index < -0.39 is 5.60 Å². The quantitative estimate of drug-likeness (QED) is 0.730. The number of nitrogens with zero attached hydrogens (tertiary/aromatic N) is 2. The van der Waals surface area contributed by atoms with Crippen molar-refractivity contribution in [3.63, 3.8) is 0 Å². The predicted octanol–water partition coefficient (Wildman–Crippen LogP) is 4.12. The molecule has 1 rings (SSSR count). The SMILES string of the molecule is CCCC(O)(CCC)Cc1ccn(C(CC)CC)n1. The van der Waals surface area contributed by atoms with Crippen LogP contribution in [0.25, 0.3) is 0 Å². The van der Waals surface area contributed by atoms with E-state index in [0.717, 1.165) is 44.2 Å². The largest absolute Gasteiger partial charge is 0.389 e. The Kier molecular flexibility index (Phi) is 6.56. The van der Waals surface area contributed by atoms with Crippen molar-refractivity contribution >= 4 is 0 Å². The maximum atomic E-state index is 10.7. The summed E-state index contributed by atoms with van der Waals surface area (Å²) in [5.41, 5.74) is 0.452. The fraction of sp³-hybridized carbons (Fsp3) is 0.812. The second kappa shape index (κ2) is 7.68. The van der Waals surface area contributed by atoms with Crippen LogP contribution >= 0.6 is 0 Å². The highest BCUT2D eigenvalue weighted by Gasteiger charge is 2.26. The van der Waals surface area contributed by atoms with Crippen molar-refractivity contribution in [2.24, 2.45) is 0 Å². The minimum Gasteiger partial charge on any atom is -0.389 e. The molecule has 0 saturated carbocycles. The van der Waals surface area contributed by atoms with Crippen molar-refractivity contribution in [1.82, 2.24) is 9.78 Å². The monoisotopic (exact) mass is 266 g/mol. The van der Waals surface area contributed by atoms with Crippen molar-refractivity contribution in [1.29, 1.82) is 0 Å². The average molecular weight is 266 g/mol. The third-order valence-electron chi connectivity index (χ3n) is 3.92. The fourth-order valence-electron chi connectivity index (χ4n) is 2.91. The average Bonchev–Trinajstić information content (AvgIpc) is 2.79. The number of rotatable bonds is 9. The van der Waals surface area contributed by atoms with Crippen LogP contribution in [0.4, 0.5) is 0 Å². The summed E-state index contributed by atoms with van der Waals surface area (Å²) in [6.07, 6.45) is 8.70. The van der Waals surface area contributed by atoms with Crippen LogP contribution in [0.1, 0.15) is 78.0 Å². The van der Waals surface area contributed by atoms with E-state index in [0.29, 0.717) is 12.5 Å². The number of hydrogen-bond donors (Lipinski definition) is 1. The lowest BCUT2D eigenvalue weighted by Gasteiger charge is -2.26. The Hall–Kier alpha value is -0.830. The van der Waals surface area contributed by atoms with Gasteiger partial charge in [-0.05, 0) is 31.7 Å². The highest BCUT2D eigenvalue weighted by molar-refractivity contribution is 5.04. The molecule has 0 atom stereocenters. The first-order valence-electron chi connectivity index (χ1n) is 7.84. The topological polar surface area (TPSA) is 38.0 Å². The second-order valence-electron chi connectivity index (χ2n) is 5.66. The summed E-state index contributed by atoms with van der Waals surface area (Å²) in [6.45, 7) is 8.65. The maximum absolute atomic E-state index is 10.7. The van der Waals surface area contributed by atoms with Crippen molar-refractivity contribution in [3.8, 4) is 0 Å². The zero-order valence-electron chi connectivity index (χ0n) is 13.0. The summed E-state index contributed by atoms with van der Waals surface area (Å²) in [5, 5.41) is 15.3. The van der Waals surface area contributed by atoms with Crippen LogP contribution < -0.4 is 0 Å². The minimum absolute atomic E-state index is 0.485. The molecule has 110 valence electrons. The first-order valence-corrected chi connectivity index (χ1v) is 7.84. The van der Waals surface area contributed by atoms with Crippen molar-refractivity contribution in [3.05, 3.63) is 18.0 Å². The van der Waals surface area contributed by atoms with Crippen molar-refractivity contribution in [2.45, 2.75) is 84.3 Å². The van der Waals surface area contributed by atoms with Crippen LogP contribution in [0.15, 0.2) is 12.3 Å². The summed E-state index contributed by atoms with van der Waals surface area (Å²) in [5.74, 6) is 0. The van der Waals surface area contributed by atoms with Gasteiger partial charge in [0.2, 0.25) is 0 Å². The van der Waals surface area contributed by atoms with Gasteiger partial charge in [-0.3, -0.25) is 4.68 Å². The Morgan fingerprint density at radius 1 is 1.16 bits per heavy atom. The van der Waals surface area contributed by atoms with Gasteiger partial charge in [-0.25, -0.2) is 0 Å². The molecule has 0 aliphatic heterocycles.